The predicted molar refractivity (Wildman–Crippen MR) is 64.1 cm³/mol. The molecule has 0 aliphatic heterocycles. The van der Waals surface area contributed by atoms with Gasteiger partial charge in [-0.2, -0.15) is 5.10 Å². The molecule has 1 aromatic rings. The van der Waals surface area contributed by atoms with E-state index in [1.165, 1.54) is 38.5 Å². The van der Waals surface area contributed by atoms with Crippen LogP contribution in [0.2, 0.25) is 0 Å². The van der Waals surface area contributed by atoms with Crippen LogP contribution in [0.5, 0.6) is 0 Å². The number of aliphatic hydroxyl groups is 1. The van der Waals surface area contributed by atoms with Crippen LogP contribution in [0.1, 0.15) is 44.2 Å². The number of aliphatic hydroxyl groups excluding tert-OH is 1. The summed E-state index contributed by atoms with van der Waals surface area (Å²) in [5.41, 5.74) is 1.01. The Labute approximate surface area is 97.5 Å². The van der Waals surface area contributed by atoms with E-state index in [0.29, 0.717) is 12.3 Å². The third kappa shape index (κ3) is 3.08. The number of aryl methyl sites for hydroxylation is 1. The predicted octanol–water partition coefficient (Wildman–Crippen LogP) is 2.29. The zero-order valence-electron chi connectivity index (χ0n) is 10.1. The van der Waals surface area contributed by atoms with Crippen LogP contribution >= 0.6 is 0 Å². The number of hydrogen-bond donors (Lipinski definition) is 1. The smallest absolute Gasteiger partial charge is 0.0650 e. The molecule has 1 unspecified atom stereocenters. The third-order valence-corrected chi connectivity index (χ3v) is 3.63. The second-order valence-electron chi connectivity index (χ2n) is 5.00. The summed E-state index contributed by atoms with van der Waals surface area (Å²) in [6.45, 7) is 0. The van der Waals surface area contributed by atoms with E-state index >= 15 is 0 Å². The highest BCUT2D eigenvalue weighted by Crippen LogP contribution is 2.26. The van der Waals surface area contributed by atoms with Gasteiger partial charge in [0.25, 0.3) is 0 Å². The second kappa shape index (κ2) is 5.48. The molecule has 0 spiro atoms. The van der Waals surface area contributed by atoms with Gasteiger partial charge in [0.05, 0.1) is 11.8 Å². The molecule has 3 nitrogen and oxygen atoms in total. The highest BCUT2D eigenvalue weighted by atomic mass is 16.3. The summed E-state index contributed by atoms with van der Waals surface area (Å²) in [6.07, 6.45) is 10.1. The van der Waals surface area contributed by atoms with Gasteiger partial charge in [-0.3, -0.25) is 4.68 Å². The Hall–Kier alpha value is -0.830. The Kier molecular flexibility index (Phi) is 3.99. The molecule has 16 heavy (non-hydrogen) atoms. The van der Waals surface area contributed by atoms with Gasteiger partial charge in [-0.15, -0.1) is 0 Å². The normalized spacial score (nSPS) is 20.6. The fourth-order valence-corrected chi connectivity index (χ4v) is 2.65. The van der Waals surface area contributed by atoms with Crippen molar-refractivity contribution >= 4 is 0 Å². The van der Waals surface area contributed by atoms with E-state index in [1.54, 1.807) is 4.68 Å². The van der Waals surface area contributed by atoms with Crippen molar-refractivity contribution in [2.24, 2.45) is 13.0 Å². The molecule has 1 fully saturated rings. The van der Waals surface area contributed by atoms with Gasteiger partial charge in [0.1, 0.15) is 0 Å². The first kappa shape index (κ1) is 11.6. The molecule has 1 saturated carbocycles. The van der Waals surface area contributed by atoms with Crippen molar-refractivity contribution in [3.63, 3.8) is 0 Å². The van der Waals surface area contributed by atoms with E-state index in [9.17, 15) is 5.11 Å². The van der Waals surface area contributed by atoms with Crippen molar-refractivity contribution in [3.8, 4) is 0 Å². The van der Waals surface area contributed by atoms with Crippen molar-refractivity contribution in [2.45, 2.75) is 51.0 Å². The number of rotatable bonds is 3. The fourth-order valence-electron chi connectivity index (χ4n) is 2.65. The van der Waals surface area contributed by atoms with Crippen molar-refractivity contribution in [3.05, 3.63) is 18.0 Å². The van der Waals surface area contributed by atoms with Gasteiger partial charge in [-0.05, 0) is 24.8 Å². The molecule has 1 N–H and O–H groups in total. The minimum atomic E-state index is -0.201. The molecular weight excluding hydrogens is 200 g/mol. The van der Waals surface area contributed by atoms with Gasteiger partial charge < -0.3 is 5.11 Å². The molecule has 3 heteroatoms. The first-order chi connectivity index (χ1) is 7.75. The molecule has 1 atom stereocenters. The summed E-state index contributed by atoms with van der Waals surface area (Å²) in [5, 5.41) is 14.5. The van der Waals surface area contributed by atoms with Crippen molar-refractivity contribution in [2.75, 3.05) is 0 Å². The molecule has 1 aromatic heterocycles. The Bertz CT molecular complexity index is 313. The Morgan fingerprint density at radius 2 is 2.06 bits per heavy atom. The van der Waals surface area contributed by atoms with Crippen LogP contribution in [0.25, 0.3) is 0 Å². The van der Waals surface area contributed by atoms with E-state index in [0.717, 1.165) is 5.69 Å². The molecule has 2 rings (SSSR count). The lowest BCUT2D eigenvalue weighted by Crippen LogP contribution is -2.22. The lowest BCUT2D eigenvalue weighted by Gasteiger charge is -2.20. The van der Waals surface area contributed by atoms with Gasteiger partial charge in [-0.1, -0.05) is 25.7 Å². The monoisotopic (exact) mass is 222 g/mol. The van der Waals surface area contributed by atoms with Crippen LogP contribution in [0.3, 0.4) is 0 Å². The number of nitrogens with zero attached hydrogens (tertiary/aromatic N) is 2. The second-order valence-corrected chi connectivity index (χ2v) is 5.00. The molecule has 0 aromatic carbocycles. The number of hydrogen-bond acceptors (Lipinski definition) is 2. The number of aromatic nitrogens is 2. The quantitative estimate of drug-likeness (QED) is 0.797. The van der Waals surface area contributed by atoms with Crippen LogP contribution in [-0.2, 0) is 13.5 Å². The van der Waals surface area contributed by atoms with Crippen LogP contribution < -0.4 is 0 Å². The van der Waals surface area contributed by atoms with Crippen LogP contribution in [0.4, 0.5) is 0 Å². The lowest BCUT2D eigenvalue weighted by molar-refractivity contribution is 0.0976. The molecule has 90 valence electrons. The summed E-state index contributed by atoms with van der Waals surface area (Å²) in [6, 6.07) is 2.00. The van der Waals surface area contributed by atoms with Crippen molar-refractivity contribution in [1.29, 1.82) is 0 Å². The molecule has 0 amide bonds. The summed E-state index contributed by atoms with van der Waals surface area (Å²) >= 11 is 0. The van der Waals surface area contributed by atoms with E-state index in [1.807, 2.05) is 19.3 Å². The fraction of sp³-hybridized carbons (Fsp3) is 0.769. The summed E-state index contributed by atoms with van der Waals surface area (Å²) in [7, 11) is 1.92. The van der Waals surface area contributed by atoms with Gasteiger partial charge in [-0.25, -0.2) is 0 Å². The molecule has 0 saturated heterocycles. The van der Waals surface area contributed by atoms with Crippen LogP contribution in [0, 0.1) is 5.92 Å². The van der Waals surface area contributed by atoms with E-state index in [4.69, 9.17) is 0 Å². The van der Waals surface area contributed by atoms with Crippen molar-refractivity contribution < 1.29 is 5.11 Å². The average Bonchev–Trinajstić information content (AvgIpc) is 2.56. The van der Waals surface area contributed by atoms with E-state index in [-0.39, 0.29) is 6.10 Å². The molecule has 1 heterocycles. The maximum atomic E-state index is 10.2. The topological polar surface area (TPSA) is 38.0 Å². The van der Waals surface area contributed by atoms with Crippen LogP contribution in [0.15, 0.2) is 12.3 Å². The van der Waals surface area contributed by atoms with Gasteiger partial charge in [0.15, 0.2) is 0 Å². The van der Waals surface area contributed by atoms with E-state index in [2.05, 4.69) is 5.10 Å². The molecule has 0 radical (unpaired) electrons. The van der Waals surface area contributed by atoms with Crippen LogP contribution in [-0.4, -0.2) is 21.0 Å². The maximum absolute atomic E-state index is 10.2. The van der Waals surface area contributed by atoms with Gasteiger partial charge in [0.2, 0.25) is 0 Å². The SMILES string of the molecule is Cn1ccc(CC(O)C2CCCCCC2)n1. The Balaban J connectivity index is 1.88. The molecule has 1 aliphatic carbocycles. The first-order valence-corrected chi connectivity index (χ1v) is 6.42. The van der Waals surface area contributed by atoms with E-state index < -0.39 is 0 Å². The first-order valence-electron chi connectivity index (χ1n) is 6.42. The molecule has 1 aliphatic rings. The zero-order valence-corrected chi connectivity index (χ0v) is 10.1. The maximum Gasteiger partial charge on any atom is 0.0650 e. The molecular formula is C13H22N2O. The van der Waals surface area contributed by atoms with Gasteiger partial charge >= 0.3 is 0 Å². The summed E-state index contributed by atoms with van der Waals surface area (Å²) < 4.78 is 1.80. The van der Waals surface area contributed by atoms with Gasteiger partial charge in [0, 0.05) is 19.7 Å². The highest BCUT2D eigenvalue weighted by molar-refractivity contribution is 5.00. The minimum absolute atomic E-state index is 0.201. The Morgan fingerprint density at radius 3 is 2.62 bits per heavy atom. The third-order valence-electron chi connectivity index (χ3n) is 3.63. The van der Waals surface area contributed by atoms with Crippen molar-refractivity contribution in [1.82, 2.24) is 9.78 Å². The summed E-state index contributed by atoms with van der Waals surface area (Å²) in [5.74, 6) is 0.490. The average molecular weight is 222 g/mol. The highest BCUT2D eigenvalue weighted by Gasteiger charge is 2.21. The molecule has 0 bridgehead atoms. The lowest BCUT2D eigenvalue weighted by atomic mass is 9.91. The minimum Gasteiger partial charge on any atom is -0.392 e. The summed E-state index contributed by atoms with van der Waals surface area (Å²) in [4.78, 5) is 0. The largest absolute Gasteiger partial charge is 0.392 e. The Morgan fingerprint density at radius 1 is 1.38 bits per heavy atom. The zero-order chi connectivity index (χ0) is 11.4. The standard InChI is InChI=1S/C13H22N2O/c1-15-9-8-12(14-15)10-13(16)11-6-4-2-3-5-7-11/h8-9,11,13,16H,2-7,10H2,1H3.